The zero-order chi connectivity index (χ0) is 17.5. The van der Waals surface area contributed by atoms with Crippen LogP contribution in [0.3, 0.4) is 0 Å². The molecule has 9 heteroatoms. The Morgan fingerprint density at radius 2 is 1.62 bits per heavy atom. The molecule has 0 amide bonds. The Balaban J connectivity index is 1.83. The molecule has 1 saturated carbocycles. The van der Waals surface area contributed by atoms with Gasteiger partial charge >= 0.3 is 5.51 Å². The van der Waals surface area contributed by atoms with Gasteiger partial charge in [0.15, 0.2) is 0 Å². The van der Waals surface area contributed by atoms with Gasteiger partial charge in [-0.15, -0.1) is 0 Å². The SMILES string of the molecule is O=S(=O)(c1cc(F)ccc1N1CCC(NC2CC2)CC1)C(F)(F)F. The molecular formula is C15H18F4N2O2S. The van der Waals surface area contributed by atoms with Crippen LogP contribution < -0.4 is 10.2 Å². The van der Waals surface area contributed by atoms with E-state index in [1.54, 1.807) is 4.90 Å². The molecule has 1 saturated heterocycles. The highest BCUT2D eigenvalue weighted by molar-refractivity contribution is 7.92. The molecule has 0 radical (unpaired) electrons. The van der Waals surface area contributed by atoms with E-state index >= 15 is 0 Å². The summed E-state index contributed by atoms with van der Waals surface area (Å²) in [5, 5.41) is 3.46. The van der Waals surface area contributed by atoms with Crippen LogP contribution in [0.15, 0.2) is 23.1 Å². The molecule has 0 bridgehead atoms. The van der Waals surface area contributed by atoms with Gasteiger partial charge in [0, 0.05) is 25.2 Å². The van der Waals surface area contributed by atoms with E-state index in [-0.39, 0.29) is 11.7 Å². The summed E-state index contributed by atoms with van der Waals surface area (Å²) in [7, 11) is -5.60. The smallest absolute Gasteiger partial charge is 0.370 e. The Morgan fingerprint density at radius 3 is 2.17 bits per heavy atom. The fourth-order valence-electron chi connectivity index (χ4n) is 2.96. The summed E-state index contributed by atoms with van der Waals surface area (Å²) in [5.74, 6) is -1.01. The molecule has 4 nitrogen and oxygen atoms in total. The van der Waals surface area contributed by atoms with Crippen LogP contribution in [-0.2, 0) is 9.84 Å². The van der Waals surface area contributed by atoms with Crippen LogP contribution in [0, 0.1) is 5.82 Å². The van der Waals surface area contributed by atoms with E-state index in [1.165, 1.54) is 0 Å². The number of halogens is 4. The Bertz CT molecular complexity index is 709. The molecule has 2 aliphatic rings. The number of benzene rings is 1. The van der Waals surface area contributed by atoms with Crippen LogP contribution in [0.25, 0.3) is 0 Å². The zero-order valence-electron chi connectivity index (χ0n) is 12.8. The maximum Gasteiger partial charge on any atom is 0.501 e. The number of sulfone groups is 1. The first-order chi connectivity index (χ1) is 11.2. The number of nitrogens with zero attached hydrogens (tertiary/aromatic N) is 1. The summed E-state index contributed by atoms with van der Waals surface area (Å²) >= 11 is 0. The molecule has 1 aliphatic carbocycles. The van der Waals surface area contributed by atoms with Gasteiger partial charge in [-0.2, -0.15) is 13.2 Å². The van der Waals surface area contributed by atoms with Crippen LogP contribution in [0.1, 0.15) is 25.7 Å². The Labute approximate surface area is 137 Å². The van der Waals surface area contributed by atoms with E-state index in [2.05, 4.69) is 5.32 Å². The van der Waals surface area contributed by atoms with Crippen LogP contribution in [0.2, 0.25) is 0 Å². The van der Waals surface area contributed by atoms with Gasteiger partial charge in [0.25, 0.3) is 9.84 Å². The molecular weight excluding hydrogens is 348 g/mol. The predicted molar refractivity (Wildman–Crippen MR) is 81.0 cm³/mol. The van der Waals surface area contributed by atoms with Crippen molar-refractivity contribution < 1.29 is 26.0 Å². The predicted octanol–water partition coefficient (Wildman–Crippen LogP) is 2.84. The molecule has 2 fully saturated rings. The van der Waals surface area contributed by atoms with E-state index in [4.69, 9.17) is 0 Å². The van der Waals surface area contributed by atoms with Crippen molar-refractivity contribution in [3.63, 3.8) is 0 Å². The summed E-state index contributed by atoms with van der Waals surface area (Å²) in [6, 6.07) is 3.37. The van der Waals surface area contributed by atoms with Crippen molar-refractivity contribution >= 4 is 15.5 Å². The molecule has 24 heavy (non-hydrogen) atoms. The first-order valence-corrected chi connectivity index (χ1v) is 9.29. The lowest BCUT2D eigenvalue weighted by atomic mass is 10.0. The minimum absolute atomic E-state index is 0.0846. The summed E-state index contributed by atoms with van der Waals surface area (Å²) in [6.45, 7) is 0.854. The van der Waals surface area contributed by atoms with Gasteiger partial charge in [-0.05, 0) is 43.9 Å². The largest absolute Gasteiger partial charge is 0.501 e. The van der Waals surface area contributed by atoms with Gasteiger partial charge in [-0.3, -0.25) is 0 Å². The first-order valence-electron chi connectivity index (χ1n) is 7.80. The van der Waals surface area contributed by atoms with Gasteiger partial charge < -0.3 is 10.2 Å². The molecule has 3 rings (SSSR count). The van der Waals surface area contributed by atoms with E-state index in [0.717, 1.165) is 25.0 Å². The van der Waals surface area contributed by atoms with Gasteiger partial charge in [-0.1, -0.05) is 0 Å². The number of alkyl halides is 3. The molecule has 0 unspecified atom stereocenters. The van der Waals surface area contributed by atoms with E-state index < -0.39 is 26.1 Å². The molecule has 1 heterocycles. The number of anilines is 1. The molecule has 0 atom stereocenters. The Hall–Kier alpha value is -1.35. The van der Waals surface area contributed by atoms with Crippen molar-refractivity contribution in [3.8, 4) is 0 Å². The number of piperidine rings is 1. The fraction of sp³-hybridized carbons (Fsp3) is 0.600. The normalized spacial score (nSPS) is 20.4. The third kappa shape index (κ3) is 3.51. The maximum absolute atomic E-state index is 13.4. The van der Waals surface area contributed by atoms with Crippen molar-refractivity contribution in [2.24, 2.45) is 0 Å². The molecule has 1 aromatic carbocycles. The standard InChI is InChI=1S/C15H18F4N2O2S/c16-10-1-4-13(14(9-10)24(22,23)15(17,18)19)21-7-5-12(6-8-21)20-11-2-3-11/h1,4,9,11-12,20H,2-3,5-8H2. The molecule has 0 spiro atoms. The highest BCUT2D eigenvalue weighted by Gasteiger charge is 2.48. The van der Waals surface area contributed by atoms with Crippen molar-refractivity contribution in [2.75, 3.05) is 18.0 Å². The molecule has 0 aromatic heterocycles. The van der Waals surface area contributed by atoms with Gasteiger partial charge in [0.1, 0.15) is 10.7 Å². The third-order valence-corrected chi connectivity index (χ3v) is 5.92. The van der Waals surface area contributed by atoms with E-state index in [9.17, 15) is 26.0 Å². The third-order valence-electron chi connectivity index (χ3n) is 4.40. The Morgan fingerprint density at radius 1 is 1.04 bits per heavy atom. The van der Waals surface area contributed by atoms with E-state index in [0.29, 0.717) is 38.0 Å². The van der Waals surface area contributed by atoms with E-state index in [1.807, 2.05) is 0 Å². The average Bonchev–Trinajstić information content (AvgIpc) is 3.31. The lowest BCUT2D eigenvalue weighted by Gasteiger charge is -2.35. The fourth-order valence-corrected chi connectivity index (χ4v) is 3.95. The van der Waals surface area contributed by atoms with Gasteiger partial charge in [0.05, 0.1) is 5.69 Å². The molecule has 1 aliphatic heterocycles. The van der Waals surface area contributed by atoms with Gasteiger partial charge in [0.2, 0.25) is 0 Å². The minimum Gasteiger partial charge on any atom is -0.370 e. The number of rotatable bonds is 4. The van der Waals surface area contributed by atoms with Crippen molar-refractivity contribution in [3.05, 3.63) is 24.0 Å². The van der Waals surface area contributed by atoms with Crippen molar-refractivity contribution in [1.29, 1.82) is 0 Å². The number of nitrogens with one attached hydrogen (secondary N) is 1. The number of hydrogen-bond donors (Lipinski definition) is 1. The molecule has 134 valence electrons. The van der Waals surface area contributed by atoms with Crippen LogP contribution in [0.4, 0.5) is 23.2 Å². The summed E-state index contributed by atoms with van der Waals surface area (Å²) in [4.78, 5) is 0.576. The zero-order valence-corrected chi connectivity index (χ0v) is 13.6. The molecule has 1 N–H and O–H groups in total. The summed E-state index contributed by atoms with van der Waals surface area (Å²) in [6.07, 6.45) is 3.71. The quantitative estimate of drug-likeness (QED) is 0.833. The Kier molecular flexibility index (Phi) is 4.50. The lowest BCUT2D eigenvalue weighted by molar-refractivity contribution is -0.0435. The highest BCUT2D eigenvalue weighted by atomic mass is 32.2. The summed E-state index contributed by atoms with van der Waals surface area (Å²) < 4.78 is 75.5. The van der Waals surface area contributed by atoms with Crippen molar-refractivity contribution in [2.45, 2.75) is 48.2 Å². The van der Waals surface area contributed by atoms with Crippen LogP contribution >= 0.6 is 0 Å². The first kappa shape index (κ1) is 17.5. The second-order valence-corrected chi connectivity index (χ2v) is 8.17. The number of hydrogen-bond acceptors (Lipinski definition) is 4. The average molecular weight is 366 g/mol. The van der Waals surface area contributed by atoms with Crippen molar-refractivity contribution in [1.82, 2.24) is 5.32 Å². The van der Waals surface area contributed by atoms with Crippen LogP contribution in [0.5, 0.6) is 0 Å². The monoisotopic (exact) mass is 366 g/mol. The van der Waals surface area contributed by atoms with Gasteiger partial charge in [-0.25, -0.2) is 12.8 Å². The lowest BCUT2D eigenvalue weighted by Crippen LogP contribution is -2.43. The minimum atomic E-state index is -5.60. The second-order valence-electron chi connectivity index (χ2n) is 6.26. The topological polar surface area (TPSA) is 49.4 Å². The summed E-state index contributed by atoms with van der Waals surface area (Å²) in [5.41, 5.74) is -5.54. The van der Waals surface area contributed by atoms with Crippen LogP contribution in [-0.4, -0.2) is 39.1 Å². The molecule has 1 aromatic rings. The maximum atomic E-state index is 13.4. The highest BCUT2D eigenvalue weighted by Crippen LogP contribution is 2.37. The second kappa shape index (κ2) is 6.18.